The van der Waals surface area contributed by atoms with Crippen LogP contribution in [-0.2, 0) is 11.5 Å². The summed E-state index contributed by atoms with van der Waals surface area (Å²) in [5.74, 6) is 2.46. The summed E-state index contributed by atoms with van der Waals surface area (Å²) >= 11 is 1.83. The fourth-order valence-electron chi connectivity index (χ4n) is 3.25. The van der Waals surface area contributed by atoms with Crippen molar-refractivity contribution in [3.8, 4) is 5.69 Å². The third-order valence-corrected chi connectivity index (χ3v) is 6.26. The molecule has 4 rings (SSSR count). The molecule has 0 fully saturated rings. The number of hydrogen-bond donors (Lipinski definition) is 1. The number of carbonyl (C=O) groups excluding carboxylic acids is 1. The molecule has 0 bridgehead atoms. The van der Waals surface area contributed by atoms with Crippen LogP contribution in [0.1, 0.15) is 43.9 Å². The molecule has 0 atom stereocenters. The van der Waals surface area contributed by atoms with E-state index in [0.29, 0.717) is 5.56 Å². The number of rotatable bonds is 3. The van der Waals surface area contributed by atoms with Crippen molar-refractivity contribution in [1.29, 1.82) is 0 Å². The molecular formula is C22H23N3OS. The second kappa shape index (κ2) is 6.89. The van der Waals surface area contributed by atoms with Crippen LogP contribution >= 0.6 is 11.8 Å². The SMILES string of the molecule is Cc1ccc(C(=O)Nc2c3c(nn2-c2ccc(C)c(C)c2)CSC3)cc1C. The average Bonchev–Trinajstić information content (AvgIpc) is 3.22. The molecule has 1 aromatic heterocycles. The minimum absolute atomic E-state index is 0.0946. The van der Waals surface area contributed by atoms with Crippen molar-refractivity contribution < 1.29 is 4.79 Å². The van der Waals surface area contributed by atoms with Crippen LogP contribution in [0.4, 0.5) is 5.82 Å². The average molecular weight is 378 g/mol. The highest BCUT2D eigenvalue weighted by atomic mass is 32.2. The lowest BCUT2D eigenvalue weighted by atomic mass is 10.1. The van der Waals surface area contributed by atoms with Crippen LogP contribution in [0.15, 0.2) is 36.4 Å². The van der Waals surface area contributed by atoms with E-state index in [4.69, 9.17) is 5.10 Å². The summed E-state index contributed by atoms with van der Waals surface area (Å²) in [4.78, 5) is 12.9. The number of amides is 1. The van der Waals surface area contributed by atoms with E-state index in [1.54, 1.807) is 0 Å². The van der Waals surface area contributed by atoms with Gasteiger partial charge in [-0.2, -0.15) is 16.9 Å². The lowest BCUT2D eigenvalue weighted by molar-refractivity contribution is 0.102. The van der Waals surface area contributed by atoms with Gasteiger partial charge in [0.25, 0.3) is 5.91 Å². The van der Waals surface area contributed by atoms with E-state index >= 15 is 0 Å². The molecule has 0 spiro atoms. The van der Waals surface area contributed by atoms with Gasteiger partial charge in [-0.05, 0) is 74.2 Å². The Hall–Kier alpha value is -2.53. The van der Waals surface area contributed by atoms with E-state index in [1.807, 2.05) is 41.6 Å². The molecule has 2 heterocycles. The van der Waals surface area contributed by atoms with Crippen molar-refractivity contribution in [3.63, 3.8) is 0 Å². The summed E-state index contributed by atoms with van der Waals surface area (Å²) in [6, 6.07) is 12.1. The summed E-state index contributed by atoms with van der Waals surface area (Å²) < 4.78 is 1.88. The maximum Gasteiger partial charge on any atom is 0.256 e. The van der Waals surface area contributed by atoms with Gasteiger partial charge in [0.2, 0.25) is 0 Å². The fraction of sp³-hybridized carbons (Fsp3) is 0.273. The maximum absolute atomic E-state index is 12.9. The lowest BCUT2D eigenvalue weighted by Crippen LogP contribution is -2.16. The van der Waals surface area contributed by atoms with Crippen molar-refractivity contribution in [2.24, 2.45) is 0 Å². The quantitative estimate of drug-likeness (QED) is 0.690. The maximum atomic E-state index is 12.9. The van der Waals surface area contributed by atoms with Crippen molar-refractivity contribution >= 4 is 23.5 Å². The number of anilines is 1. The van der Waals surface area contributed by atoms with Gasteiger partial charge in [-0.3, -0.25) is 4.79 Å². The molecule has 27 heavy (non-hydrogen) atoms. The monoisotopic (exact) mass is 377 g/mol. The molecule has 3 aromatic rings. The summed E-state index contributed by atoms with van der Waals surface area (Å²) in [5, 5.41) is 7.93. The Morgan fingerprint density at radius 3 is 2.37 bits per heavy atom. The zero-order valence-corrected chi connectivity index (χ0v) is 16.9. The normalized spacial score (nSPS) is 12.9. The second-order valence-electron chi connectivity index (χ2n) is 7.20. The Morgan fingerprint density at radius 1 is 0.963 bits per heavy atom. The summed E-state index contributed by atoms with van der Waals surface area (Å²) in [6.45, 7) is 8.27. The van der Waals surface area contributed by atoms with Gasteiger partial charge in [0.1, 0.15) is 5.82 Å². The molecule has 2 aromatic carbocycles. The number of nitrogens with zero attached hydrogens (tertiary/aromatic N) is 2. The summed E-state index contributed by atoms with van der Waals surface area (Å²) in [6.07, 6.45) is 0. The number of fused-ring (bicyclic) bond motifs is 1. The van der Waals surface area contributed by atoms with Gasteiger partial charge >= 0.3 is 0 Å². The van der Waals surface area contributed by atoms with Crippen LogP contribution < -0.4 is 5.32 Å². The molecule has 1 aliphatic rings. The summed E-state index contributed by atoms with van der Waals surface area (Å²) in [5.41, 5.74) is 8.61. The van der Waals surface area contributed by atoms with E-state index in [0.717, 1.165) is 39.8 Å². The Labute approximate surface area is 164 Å². The predicted molar refractivity (Wildman–Crippen MR) is 112 cm³/mol. The number of thioether (sulfide) groups is 1. The number of nitrogens with one attached hydrogen (secondary N) is 1. The minimum atomic E-state index is -0.0946. The molecule has 1 aliphatic heterocycles. The Balaban J connectivity index is 1.74. The van der Waals surface area contributed by atoms with E-state index < -0.39 is 0 Å². The molecular weight excluding hydrogens is 354 g/mol. The van der Waals surface area contributed by atoms with Crippen molar-refractivity contribution in [2.45, 2.75) is 39.2 Å². The van der Waals surface area contributed by atoms with E-state index in [1.165, 1.54) is 16.7 Å². The molecule has 138 valence electrons. The van der Waals surface area contributed by atoms with Crippen LogP contribution in [0.2, 0.25) is 0 Å². The van der Waals surface area contributed by atoms with Crippen molar-refractivity contribution in [3.05, 3.63) is 75.5 Å². The molecule has 0 unspecified atom stereocenters. The Bertz CT molecular complexity index is 1050. The van der Waals surface area contributed by atoms with Crippen LogP contribution in [0.3, 0.4) is 0 Å². The van der Waals surface area contributed by atoms with E-state index in [2.05, 4.69) is 44.3 Å². The third-order valence-electron chi connectivity index (χ3n) is 5.29. The van der Waals surface area contributed by atoms with Crippen LogP contribution in [0, 0.1) is 27.7 Å². The number of aromatic nitrogens is 2. The largest absolute Gasteiger partial charge is 0.306 e. The molecule has 5 heteroatoms. The predicted octanol–water partition coefficient (Wildman–Crippen LogP) is 5.11. The number of benzene rings is 2. The Kier molecular flexibility index (Phi) is 4.56. The Morgan fingerprint density at radius 2 is 1.67 bits per heavy atom. The number of aryl methyl sites for hydroxylation is 4. The summed E-state index contributed by atoms with van der Waals surface area (Å²) in [7, 11) is 0. The highest BCUT2D eigenvalue weighted by molar-refractivity contribution is 7.98. The standard InChI is InChI=1S/C22H23N3OS/c1-13-5-7-17(9-15(13)3)22(26)23-21-19-11-27-12-20(19)24-25(21)18-8-6-14(2)16(4)10-18/h5-10H,11-12H2,1-4H3,(H,23,26). The molecule has 4 nitrogen and oxygen atoms in total. The van der Waals surface area contributed by atoms with E-state index in [-0.39, 0.29) is 5.91 Å². The minimum Gasteiger partial charge on any atom is -0.306 e. The van der Waals surface area contributed by atoms with Crippen molar-refractivity contribution in [1.82, 2.24) is 9.78 Å². The zero-order valence-electron chi connectivity index (χ0n) is 16.1. The van der Waals surface area contributed by atoms with Crippen LogP contribution in [0.5, 0.6) is 0 Å². The second-order valence-corrected chi connectivity index (χ2v) is 8.19. The molecule has 0 saturated carbocycles. The first-order chi connectivity index (χ1) is 12.9. The lowest BCUT2D eigenvalue weighted by Gasteiger charge is -2.13. The molecule has 1 N–H and O–H groups in total. The highest BCUT2D eigenvalue weighted by Crippen LogP contribution is 2.36. The van der Waals surface area contributed by atoms with Gasteiger partial charge in [0, 0.05) is 22.6 Å². The van der Waals surface area contributed by atoms with Gasteiger partial charge in [-0.1, -0.05) is 12.1 Å². The van der Waals surface area contributed by atoms with Gasteiger partial charge < -0.3 is 5.32 Å². The zero-order chi connectivity index (χ0) is 19.1. The molecule has 1 amide bonds. The van der Waals surface area contributed by atoms with Crippen LogP contribution in [-0.4, -0.2) is 15.7 Å². The first-order valence-electron chi connectivity index (χ1n) is 9.09. The smallest absolute Gasteiger partial charge is 0.256 e. The first kappa shape index (κ1) is 17.9. The van der Waals surface area contributed by atoms with Gasteiger partial charge in [-0.15, -0.1) is 0 Å². The van der Waals surface area contributed by atoms with Crippen LogP contribution in [0.25, 0.3) is 5.69 Å². The van der Waals surface area contributed by atoms with E-state index in [9.17, 15) is 4.79 Å². The number of hydrogen-bond acceptors (Lipinski definition) is 3. The number of carbonyl (C=O) groups is 1. The van der Waals surface area contributed by atoms with Crippen molar-refractivity contribution in [2.75, 3.05) is 5.32 Å². The highest BCUT2D eigenvalue weighted by Gasteiger charge is 2.25. The first-order valence-corrected chi connectivity index (χ1v) is 10.2. The van der Waals surface area contributed by atoms with Gasteiger partial charge in [-0.25, -0.2) is 4.68 Å². The molecule has 0 radical (unpaired) electrons. The molecule has 0 saturated heterocycles. The van der Waals surface area contributed by atoms with Gasteiger partial charge in [0.15, 0.2) is 0 Å². The third kappa shape index (κ3) is 3.28. The van der Waals surface area contributed by atoms with Gasteiger partial charge in [0.05, 0.1) is 11.4 Å². The fourth-order valence-corrected chi connectivity index (χ4v) is 4.28. The molecule has 0 aliphatic carbocycles. The topological polar surface area (TPSA) is 46.9 Å².